The topological polar surface area (TPSA) is 0 Å². The maximum atomic E-state index is 3.76. The van der Waals surface area contributed by atoms with Crippen LogP contribution in [0.1, 0.15) is 65.2 Å². The molecule has 0 aromatic heterocycles. The first-order chi connectivity index (χ1) is 6.66. The summed E-state index contributed by atoms with van der Waals surface area (Å²) in [4.78, 5) is 1.44. The highest BCUT2D eigenvalue weighted by Crippen LogP contribution is 2.19. The van der Waals surface area contributed by atoms with Crippen molar-refractivity contribution in [3.8, 4) is 0 Å². The van der Waals surface area contributed by atoms with Crippen molar-refractivity contribution in [2.75, 3.05) is 0 Å². The van der Waals surface area contributed by atoms with Crippen molar-refractivity contribution in [1.29, 1.82) is 0 Å². The van der Waals surface area contributed by atoms with Crippen molar-refractivity contribution in [1.82, 2.24) is 0 Å². The Hall–Kier alpha value is 0.960. The molecule has 14 heavy (non-hydrogen) atoms. The summed E-state index contributed by atoms with van der Waals surface area (Å²) in [5.74, 6) is 0. The molecule has 86 valence electrons. The van der Waals surface area contributed by atoms with E-state index in [-0.39, 0.29) is 0 Å². The van der Waals surface area contributed by atoms with E-state index in [0.717, 1.165) is 4.83 Å². The number of hydrogen-bond acceptors (Lipinski definition) is 0. The minimum atomic E-state index is 0.683. The van der Waals surface area contributed by atoms with E-state index in [4.69, 9.17) is 0 Å². The Labute approximate surface area is 106 Å². The van der Waals surface area contributed by atoms with Crippen molar-refractivity contribution in [3.05, 3.63) is 0 Å². The maximum absolute atomic E-state index is 3.76. The predicted molar refractivity (Wildman–Crippen MR) is 73.7 cm³/mol. The Morgan fingerprint density at radius 3 is 2.07 bits per heavy atom. The number of hydrogen-bond donors (Lipinski definition) is 0. The van der Waals surface area contributed by atoms with Crippen molar-refractivity contribution in [3.63, 3.8) is 0 Å². The van der Waals surface area contributed by atoms with Gasteiger partial charge in [0.15, 0.2) is 0 Å². The molecule has 0 saturated carbocycles. The quantitative estimate of drug-likeness (QED) is 0.378. The van der Waals surface area contributed by atoms with Gasteiger partial charge in [0, 0.05) is 9.65 Å². The predicted octanol–water partition coefficient (Wildman–Crippen LogP) is 5.67. The molecule has 0 nitrogen and oxygen atoms in total. The highest BCUT2D eigenvalue weighted by Gasteiger charge is 2.04. The Morgan fingerprint density at radius 1 is 0.857 bits per heavy atom. The van der Waals surface area contributed by atoms with Crippen LogP contribution in [0.25, 0.3) is 0 Å². The molecule has 0 aliphatic heterocycles. The molecule has 0 fully saturated rings. The van der Waals surface area contributed by atoms with Gasteiger partial charge in [0.25, 0.3) is 0 Å². The highest BCUT2D eigenvalue weighted by molar-refractivity contribution is 9.09. The van der Waals surface area contributed by atoms with E-state index in [9.17, 15) is 0 Å². The molecule has 0 amide bonds. The van der Waals surface area contributed by atoms with Crippen molar-refractivity contribution >= 4 is 31.9 Å². The van der Waals surface area contributed by atoms with Gasteiger partial charge in [-0.3, -0.25) is 0 Å². The van der Waals surface area contributed by atoms with Crippen LogP contribution < -0.4 is 0 Å². The number of rotatable bonds is 9. The van der Waals surface area contributed by atoms with Crippen LogP contribution in [0, 0.1) is 0 Å². The summed E-state index contributed by atoms with van der Waals surface area (Å²) in [6, 6.07) is 0. The van der Waals surface area contributed by atoms with Gasteiger partial charge in [-0.15, -0.1) is 0 Å². The minimum absolute atomic E-state index is 0.683. The van der Waals surface area contributed by atoms with Gasteiger partial charge in [-0.05, 0) is 19.3 Å². The van der Waals surface area contributed by atoms with E-state index in [0.29, 0.717) is 4.83 Å². The van der Waals surface area contributed by atoms with Gasteiger partial charge in [0.2, 0.25) is 0 Å². The lowest BCUT2D eigenvalue weighted by atomic mass is 10.1. The van der Waals surface area contributed by atoms with Crippen molar-refractivity contribution in [2.45, 2.75) is 74.9 Å². The lowest BCUT2D eigenvalue weighted by Gasteiger charge is -2.09. The Bertz CT molecular complexity index is 113. The molecule has 2 unspecified atom stereocenters. The molecule has 0 bridgehead atoms. The molecule has 0 aromatic rings. The van der Waals surface area contributed by atoms with Gasteiger partial charge in [0.1, 0.15) is 0 Å². The van der Waals surface area contributed by atoms with Gasteiger partial charge >= 0.3 is 0 Å². The lowest BCUT2D eigenvalue weighted by molar-refractivity contribution is 0.581. The van der Waals surface area contributed by atoms with E-state index in [1.54, 1.807) is 0 Å². The van der Waals surface area contributed by atoms with Gasteiger partial charge in [0.05, 0.1) is 0 Å². The molecule has 2 atom stereocenters. The zero-order chi connectivity index (χ0) is 10.8. The molecule has 0 spiro atoms. The van der Waals surface area contributed by atoms with Gasteiger partial charge in [-0.25, -0.2) is 0 Å². The minimum Gasteiger partial charge on any atom is -0.0894 e. The van der Waals surface area contributed by atoms with Crippen LogP contribution >= 0.6 is 31.9 Å². The fourth-order valence-electron chi connectivity index (χ4n) is 1.56. The molecule has 2 heteroatoms. The second kappa shape index (κ2) is 10.5. The number of halogens is 2. The maximum Gasteiger partial charge on any atom is 0.0145 e. The Morgan fingerprint density at radius 2 is 1.50 bits per heavy atom. The third-order valence-corrected chi connectivity index (χ3v) is 3.86. The smallest absolute Gasteiger partial charge is 0.0145 e. The largest absolute Gasteiger partial charge is 0.0894 e. The first-order valence-electron chi connectivity index (χ1n) is 5.95. The van der Waals surface area contributed by atoms with Crippen LogP contribution in [0.4, 0.5) is 0 Å². The Kier molecular flexibility index (Phi) is 11.2. The number of alkyl halides is 2. The summed E-state index contributed by atoms with van der Waals surface area (Å²) >= 11 is 7.35. The van der Waals surface area contributed by atoms with Crippen LogP contribution in [-0.4, -0.2) is 9.65 Å². The second-order valence-electron chi connectivity index (χ2n) is 4.16. The monoisotopic (exact) mass is 326 g/mol. The number of unbranched alkanes of at least 4 members (excludes halogenated alkanes) is 3. The van der Waals surface area contributed by atoms with Crippen LogP contribution in [0.15, 0.2) is 0 Å². The summed E-state index contributed by atoms with van der Waals surface area (Å²) < 4.78 is 0. The molecular weight excluding hydrogens is 304 g/mol. The fourth-order valence-corrected chi connectivity index (χ4v) is 2.53. The van der Waals surface area contributed by atoms with Gasteiger partial charge < -0.3 is 0 Å². The van der Waals surface area contributed by atoms with E-state index in [1.807, 2.05) is 0 Å². The summed E-state index contributed by atoms with van der Waals surface area (Å²) in [6.45, 7) is 4.49. The molecule has 0 rings (SSSR count). The summed E-state index contributed by atoms with van der Waals surface area (Å²) in [5, 5.41) is 0. The van der Waals surface area contributed by atoms with Crippen LogP contribution in [0.5, 0.6) is 0 Å². The van der Waals surface area contributed by atoms with Crippen LogP contribution in [0.3, 0.4) is 0 Å². The SMILES string of the molecule is CCCCCCC(Br)CCCC(C)Br. The zero-order valence-electron chi connectivity index (χ0n) is 9.57. The standard InChI is InChI=1S/C12H24Br2/c1-3-4-5-6-9-12(14)10-7-8-11(2)13/h11-12H,3-10H2,1-2H3. The Balaban J connectivity index is 3.15. The lowest BCUT2D eigenvalue weighted by Crippen LogP contribution is -1.99. The average Bonchev–Trinajstić information content (AvgIpc) is 2.12. The third-order valence-electron chi connectivity index (χ3n) is 2.49. The molecule has 0 radical (unpaired) electrons. The third kappa shape index (κ3) is 11.0. The normalized spacial score (nSPS) is 15.4. The summed E-state index contributed by atoms with van der Waals surface area (Å²) in [7, 11) is 0. The highest BCUT2D eigenvalue weighted by atomic mass is 79.9. The molecule has 0 saturated heterocycles. The molecule has 0 N–H and O–H groups in total. The zero-order valence-corrected chi connectivity index (χ0v) is 12.7. The van der Waals surface area contributed by atoms with Crippen molar-refractivity contribution < 1.29 is 0 Å². The van der Waals surface area contributed by atoms with Gasteiger partial charge in [-0.1, -0.05) is 77.8 Å². The van der Waals surface area contributed by atoms with E-state index >= 15 is 0 Å². The fraction of sp³-hybridized carbons (Fsp3) is 1.00. The molecule has 0 aliphatic carbocycles. The summed E-state index contributed by atoms with van der Waals surface area (Å²) in [6.07, 6.45) is 10.9. The first kappa shape index (κ1) is 15.0. The molecule has 0 aliphatic rings. The summed E-state index contributed by atoms with van der Waals surface area (Å²) in [5.41, 5.74) is 0. The van der Waals surface area contributed by atoms with E-state index in [2.05, 4.69) is 45.7 Å². The van der Waals surface area contributed by atoms with Gasteiger partial charge in [-0.2, -0.15) is 0 Å². The molecule has 0 aromatic carbocycles. The van der Waals surface area contributed by atoms with Crippen LogP contribution in [-0.2, 0) is 0 Å². The first-order valence-corrected chi connectivity index (χ1v) is 7.78. The van der Waals surface area contributed by atoms with E-state index < -0.39 is 0 Å². The van der Waals surface area contributed by atoms with Crippen LogP contribution in [0.2, 0.25) is 0 Å². The average molecular weight is 328 g/mol. The van der Waals surface area contributed by atoms with E-state index in [1.165, 1.54) is 51.4 Å². The van der Waals surface area contributed by atoms with Crippen molar-refractivity contribution in [2.24, 2.45) is 0 Å². The molecular formula is C12H24Br2. The molecule has 0 heterocycles. The second-order valence-corrected chi connectivity index (χ2v) is 7.02.